The lowest BCUT2D eigenvalue weighted by Gasteiger charge is -2.07. The van der Waals surface area contributed by atoms with Crippen molar-refractivity contribution in [1.29, 1.82) is 0 Å². The van der Waals surface area contributed by atoms with Crippen LogP contribution in [-0.4, -0.2) is 0 Å². The van der Waals surface area contributed by atoms with Crippen molar-refractivity contribution in [2.75, 3.05) is 0 Å². The Morgan fingerprint density at radius 2 is 1.73 bits per heavy atom. The number of hydrogen-bond donors (Lipinski definition) is 0. The van der Waals surface area contributed by atoms with Crippen molar-refractivity contribution in [3.63, 3.8) is 0 Å². The molecule has 1 aromatic heterocycles. The van der Waals surface area contributed by atoms with Gasteiger partial charge in [-0.15, -0.1) is 11.8 Å². The smallest absolute Gasteiger partial charge is 0.416 e. The standard InChI is InChI=1S/C17H13F3OS/c1-11-8-13-9-15(6-7-16(13)21-11)22-10-12-2-4-14(5-3-12)17(18,19)20/h2-9H,10H2,1H3. The van der Waals surface area contributed by atoms with E-state index in [-0.39, 0.29) is 0 Å². The number of aryl methyl sites for hydroxylation is 1. The number of fused-ring (bicyclic) bond motifs is 1. The normalized spacial score (nSPS) is 12.0. The van der Waals surface area contributed by atoms with Crippen molar-refractivity contribution in [1.82, 2.24) is 0 Å². The lowest BCUT2D eigenvalue weighted by atomic mass is 10.1. The molecule has 1 heterocycles. The highest BCUT2D eigenvalue weighted by Gasteiger charge is 2.29. The van der Waals surface area contributed by atoms with Crippen LogP contribution >= 0.6 is 11.8 Å². The third-order valence-electron chi connectivity index (χ3n) is 3.30. The zero-order valence-electron chi connectivity index (χ0n) is 11.8. The summed E-state index contributed by atoms with van der Waals surface area (Å²) in [6.45, 7) is 1.90. The van der Waals surface area contributed by atoms with Gasteiger partial charge in [-0.25, -0.2) is 0 Å². The zero-order chi connectivity index (χ0) is 15.7. The molecule has 0 unspecified atom stereocenters. The van der Waals surface area contributed by atoms with Crippen LogP contribution in [0.3, 0.4) is 0 Å². The molecule has 0 atom stereocenters. The average Bonchev–Trinajstić information content (AvgIpc) is 2.84. The predicted molar refractivity (Wildman–Crippen MR) is 82.0 cm³/mol. The summed E-state index contributed by atoms with van der Waals surface area (Å²) in [4.78, 5) is 1.06. The number of hydrogen-bond acceptors (Lipinski definition) is 2. The summed E-state index contributed by atoms with van der Waals surface area (Å²) < 4.78 is 43.0. The summed E-state index contributed by atoms with van der Waals surface area (Å²) in [6.07, 6.45) is -4.28. The second-order valence-electron chi connectivity index (χ2n) is 5.04. The quantitative estimate of drug-likeness (QED) is 0.544. The zero-order valence-corrected chi connectivity index (χ0v) is 12.6. The molecule has 0 fully saturated rings. The minimum Gasteiger partial charge on any atom is -0.461 e. The molecular weight excluding hydrogens is 309 g/mol. The Balaban J connectivity index is 1.70. The number of alkyl halides is 3. The van der Waals surface area contributed by atoms with E-state index in [0.717, 1.165) is 39.3 Å². The second kappa shape index (κ2) is 5.72. The Labute approximate surface area is 130 Å². The third kappa shape index (κ3) is 3.30. The van der Waals surface area contributed by atoms with Crippen molar-refractivity contribution in [2.24, 2.45) is 0 Å². The first-order chi connectivity index (χ1) is 10.4. The Hall–Kier alpha value is -1.88. The molecule has 0 bridgehead atoms. The van der Waals surface area contributed by atoms with Crippen LogP contribution in [0.1, 0.15) is 16.9 Å². The molecule has 3 rings (SSSR count). The van der Waals surface area contributed by atoms with Crippen LogP contribution in [0.4, 0.5) is 13.2 Å². The largest absolute Gasteiger partial charge is 0.461 e. The van der Waals surface area contributed by atoms with Crippen LogP contribution in [0.5, 0.6) is 0 Å². The van der Waals surface area contributed by atoms with Gasteiger partial charge in [-0.3, -0.25) is 0 Å². The maximum absolute atomic E-state index is 12.5. The Kier molecular flexibility index (Phi) is 3.91. The molecule has 3 aromatic rings. The highest BCUT2D eigenvalue weighted by Crippen LogP contribution is 2.31. The van der Waals surface area contributed by atoms with Gasteiger partial charge in [0.05, 0.1) is 5.56 Å². The van der Waals surface area contributed by atoms with E-state index in [1.165, 1.54) is 12.1 Å². The van der Waals surface area contributed by atoms with Gasteiger partial charge in [0.15, 0.2) is 0 Å². The number of halogens is 3. The molecule has 0 N–H and O–H groups in total. The molecule has 0 aliphatic carbocycles. The van der Waals surface area contributed by atoms with Gasteiger partial charge in [0.1, 0.15) is 11.3 Å². The summed E-state index contributed by atoms with van der Waals surface area (Å²) in [5, 5.41) is 1.04. The molecule has 0 saturated carbocycles. The number of rotatable bonds is 3. The van der Waals surface area contributed by atoms with E-state index in [2.05, 4.69) is 0 Å². The summed E-state index contributed by atoms with van der Waals surface area (Å²) >= 11 is 1.59. The number of thioether (sulfide) groups is 1. The van der Waals surface area contributed by atoms with Crippen LogP contribution in [0.2, 0.25) is 0 Å². The van der Waals surface area contributed by atoms with Crippen molar-refractivity contribution < 1.29 is 17.6 Å². The predicted octanol–water partition coefficient (Wildman–Crippen LogP) is 6.05. The van der Waals surface area contributed by atoms with Crippen LogP contribution in [0.25, 0.3) is 11.0 Å². The van der Waals surface area contributed by atoms with Crippen molar-refractivity contribution >= 4 is 22.7 Å². The molecule has 114 valence electrons. The van der Waals surface area contributed by atoms with E-state index in [0.29, 0.717) is 5.75 Å². The van der Waals surface area contributed by atoms with Crippen LogP contribution in [0, 0.1) is 6.92 Å². The first kappa shape index (κ1) is 15.0. The molecule has 1 nitrogen and oxygen atoms in total. The van der Waals surface area contributed by atoms with Crippen LogP contribution < -0.4 is 0 Å². The van der Waals surface area contributed by atoms with Gasteiger partial charge < -0.3 is 4.42 Å². The minimum absolute atomic E-state index is 0.614. The van der Waals surface area contributed by atoms with Gasteiger partial charge in [0, 0.05) is 16.0 Å². The van der Waals surface area contributed by atoms with Crippen LogP contribution in [-0.2, 0) is 11.9 Å². The van der Waals surface area contributed by atoms with Gasteiger partial charge in [0.2, 0.25) is 0 Å². The third-order valence-corrected chi connectivity index (χ3v) is 4.36. The Morgan fingerprint density at radius 3 is 2.41 bits per heavy atom. The molecule has 22 heavy (non-hydrogen) atoms. The molecule has 0 amide bonds. The summed E-state index contributed by atoms with van der Waals surface area (Å²) in [5.74, 6) is 1.49. The van der Waals surface area contributed by atoms with E-state index < -0.39 is 11.7 Å². The number of benzene rings is 2. The van der Waals surface area contributed by atoms with E-state index in [1.807, 2.05) is 31.2 Å². The fraction of sp³-hybridized carbons (Fsp3) is 0.176. The van der Waals surface area contributed by atoms with Gasteiger partial charge in [-0.2, -0.15) is 13.2 Å². The summed E-state index contributed by atoms with van der Waals surface area (Å²) in [7, 11) is 0. The van der Waals surface area contributed by atoms with Crippen molar-refractivity contribution in [3.05, 3.63) is 65.4 Å². The minimum atomic E-state index is -4.28. The van der Waals surface area contributed by atoms with Gasteiger partial charge in [-0.1, -0.05) is 12.1 Å². The maximum Gasteiger partial charge on any atom is 0.416 e. The fourth-order valence-corrected chi connectivity index (χ4v) is 3.10. The molecule has 5 heteroatoms. The van der Waals surface area contributed by atoms with E-state index in [9.17, 15) is 13.2 Å². The molecule has 0 aliphatic heterocycles. The SMILES string of the molecule is Cc1cc2cc(SCc3ccc(C(F)(F)F)cc3)ccc2o1. The lowest BCUT2D eigenvalue weighted by Crippen LogP contribution is -2.04. The molecule has 0 aliphatic rings. The van der Waals surface area contributed by atoms with Crippen LogP contribution in [0.15, 0.2) is 57.8 Å². The monoisotopic (exact) mass is 322 g/mol. The van der Waals surface area contributed by atoms with E-state index in [4.69, 9.17) is 4.42 Å². The van der Waals surface area contributed by atoms with Crippen molar-refractivity contribution in [2.45, 2.75) is 23.7 Å². The molecule has 0 radical (unpaired) electrons. The summed E-state index contributed by atoms with van der Waals surface area (Å²) in [5.41, 5.74) is 1.09. The van der Waals surface area contributed by atoms with Gasteiger partial charge in [0.25, 0.3) is 0 Å². The fourth-order valence-electron chi connectivity index (χ4n) is 2.20. The maximum atomic E-state index is 12.5. The molecular formula is C17H13F3OS. The topological polar surface area (TPSA) is 13.1 Å². The highest BCUT2D eigenvalue weighted by molar-refractivity contribution is 7.98. The first-order valence-electron chi connectivity index (χ1n) is 6.71. The molecule has 0 spiro atoms. The van der Waals surface area contributed by atoms with E-state index >= 15 is 0 Å². The average molecular weight is 322 g/mol. The Bertz CT molecular complexity index is 788. The summed E-state index contributed by atoms with van der Waals surface area (Å²) in [6, 6.07) is 13.2. The van der Waals surface area contributed by atoms with Gasteiger partial charge >= 0.3 is 6.18 Å². The van der Waals surface area contributed by atoms with Gasteiger partial charge in [-0.05, 0) is 48.9 Å². The molecule has 0 saturated heterocycles. The highest BCUT2D eigenvalue weighted by atomic mass is 32.2. The van der Waals surface area contributed by atoms with E-state index in [1.54, 1.807) is 11.8 Å². The first-order valence-corrected chi connectivity index (χ1v) is 7.69. The number of furan rings is 1. The lowest BCUT2D eigenvalue weighted by molar-refractivity contribution is -0.137. The van der Waals surface area contributed by atoms with Crippen molar-refractivity contribution in [3.8, 4) is 0 Å². The second-order valence-corrected chi connectivity index (χ2v) is 6.09. The molecule has 2 aromatic carbocycles. The Morgan fingerprint density at radius 1 is 1.00 bits per heavy atom.